The van der Waals surface area contributed by atoms with Crippen molar-refractivity contribution in [2.75, 3.05) is 0 Å². The van der Waals surface area contributed by atoms with E-state index < -0.39 is 5.97 Å². The summed E-state index contributed by atoms with van der Waals surface area (Å²) in [5, 5.41) is 10.6. The number of rotatable bonds is 4. The van der Waals surface area contributed by atoms with Gasteiger partial charge < -0.3 is 9.52 Å². The number of carboxylic acids is 1. The molecule has 0 aromatic carbocycles. The molecule has 0 aliphatic rings. The topological polar surface area (TPSA) is 76.2 Å². The third-order valence-corrected chi connectivity index (χ3v) is 4.95. The number of hydrogen-bond acceptors (Lipinski definition) is 6. The van der Waals surface area contributed by atoms with E-state index in [-0.39, 0.29) is 6.42 Å². The molecule has 0 bridgehead atoms. The number of carboxylic acid groups (broad SMARTS) is 1. The number of aromatic nitrogens is 2. The average Bonchev–Trinajstić information content (AvgIpc) is 2.97. The SMILES string of the molecule is Cc1nc(Sc2nccc3occc23)sc1CC(=O)O. The summed E-state index contributed by atoms with van der Waals surface area (Å²) >= 11 is 2.82. The van der Waals surface area contributed by atoms with E-state index in [9.17, 15) is 4.79 Å². The van der Waals surface area contributed by atoms with Crippen molar-refractivity contribution in [2.45, 2.75) is 22.7 Å². The number of thiazole rings is 1. The van der Waals surface area contributed by atoms with E-state index in [1.54, 1.807) is 12.5 Å². The molecule has 5 nitrogen and oxygen atoms in total. The summed E-state index contributed by atoms with van der Waals surface area (Å²) in [4.78, 5) is 20.3. The first kappa shape index (κ1) is 13.1. The molecule has 0 amide bonds. The minimum Gasteiger partial charge on any atom is -0.481 e. The van der Waals surface area contributed by atoms with Crippen LogP contribution in [0.4, 0.5) is 0 Å². The Balaban J connectivity index is 1.91. The normalized spacial score (nSPS) is 11.1. The molecule has 3 aromatic heterocycles. The van der Waals surface area contributed by atoms with Crippen molar-refractivity contribution in [3.8, 4) is 0 Å². The first-order valence-corrected chi connectivity index (χ1v) is 7.45. The molecule has 1 N–H and O–H groups in total. The van der Waals surface area contributed by atoms with E-state index in [4.69, 9.17) is 9.52 Å². The minimum atomic E-state index is -0.844. The highest BCUT2D eigenvalue weighted by Crippen LogP contribution is 2.35. The molecular weight excluding hydrogens is 296 g/mol. The average molecular weight is 306 g/mol. The fraction of sp³-hybridized carbons (Fsp3) is 0.154. The Morgan fingerprint density at radius 2 is 2.35 bits per heavy atom. The van der Waals surface area contributed by atoms with Crippen LogP contribution in [0, 0.1) is 6.92 Å². The molecule has 0 fully saturated rings. The third kappa shape index (κ3) is 2.54. The summed E-state index contributed by atoms with van der Waals surface area (Å²) < 4.78 is 6.12. The van der Waals surface area contributed by atoms with Gasteiger partial charge in [-0.25, -0.2) is 9.97 Å². The molecule has 0 spiro atoms. The maximum atomic E-state index is 10.8. The zero-order valence-corrected chi connectivity index (χ0v) is 12.1. The second-order valence-electron chi connectivity index (χ2n) is 4.11. The van der Waals surface area contributed by atoms with Crippen LogP contribution in [-0.4, -0.2) is 21.0 Å². The molecule has 3 rings (SSSR count). The Labute approximate surface area is 122 Å². The highest BCUT2D eigenvalue weighted by Gasteiger charge is 2.14. The number of pyridine rings is 1. The fourth-order valence-corrected chi connectivity index (χ4v) is 4.01. The van der Waals surface area contributed by atoms with Crippen molar-refractivity contribution in [3.63, 3.8) is 0 Å². The number of fused-ring (bicyclic) bond motifs is 1. The fourth-order valence-electron chi connectivity index (χ4n) is 1.78. The van der Waals surface area contributed by atoms with Crippen LogP contribution in [0.1, 0.15) is 10.6 Å². The molecule has 0 aliphatic heterocycles. The van der Waals surface area contributed by atoms with Gasteiger partial charge in [-0.2, -0.15) is 0 Å². The number of hydrogen-bond donors (Lipinski definition) is 1. The molecule has 102 valence electrons. The minimum absolute atomic E-state index is 0.00734. The van der Waals surface area contributed by atoms with Gasteiger partial charge in [-0.15, -0.1) is 11.3 Å². The van der Waals surface area contributed by atoms with Gasteiger partial charge in [0.1, 0.15) is 10.6 Å². The first-order valence-electron chi connectivity index (χ1n) is 5.81. The Morgan fingerprint density at radius 3 is 3.15 bits per heavy atom. The van der Waals surface area contributed by atoms with E-state index in [0.29, 0.717) is 0 Å². The monoisotopic (exact) mass is 306 g/mol. The van der Waals surface area contributed by atoms with Crippen molar-refractivity contribution in [2.24, 2.45) is 0 Å². The zero-order chi connectivity index (χ0) is 14.1. The Kier molecular flexibility index (Phi) is 3.45. The van der Waals surface area contributed by atoms with Gasteiger partial charge in [-0.1, -0.05) is 0 Å². The molecular formula is C13H10N2O3S2. The largest absolute Gasteiger partial charge is 0.481 e. The van der Waals surface area contributed by atoms with Crippen LogP contribution in [0.15, 0.2) is 38.4 Å². The molecule has 0 atom stereocenters. The van der Waals surface area contributed by atoms with Crippen molar-refractivity contribution in [1.29, 1.82) is 0 Å². The number of nitrogens with zero attached hydrogens (tertiary/aromatic N) is 2. The summed E-state index contributed by atoms with van der Waals surface area (Å²) in [6.07, 6.45) is 3.32. The molecule has 7 heteroatoms. The van der Waals surface area contributed by atoms with Gasteiger partial charge in [0.15, 0.2) is 4.34 Å². The summed E-state index contributed by atoms with van der Waals surface area (Å²) in [6, 6.07) is 3.67. The molecule has 0 saturated heterocycles. The van der Waals surface area contributed by atoms with Crippen molar-refractivity contribution in [1.82, 2.24) is 9.97 Å². The summed E-state index contributed by atoms with van der Waals surface area (Å²) in [6.45, 7) is 1.82. The summed E-state index contributed by atoms with van der Waals surface area (Å²) in [5.41, 5.74) is 1.54. The van der Waals surface area contributed by atoms with Gasteiger partial charge in [0.05, 0.1) is 23.8 Å². The van der Waals surface area contributed by atoms with Crippen LogP contribution in [0.25, 0.3) is 11.0 Å². The molecule has 0 aliphatic carbocycles. The van der Waals surface area contributed by atoms with Crippen molar-refractivity contribution >= 4 is 40.0 Å². The lowest BCUT2D eigenvalue weighted by Gasteiger charge is -1.97. The first-order chi connectivity index (χ1) is 9.63. The van der Waals surface area contributed by atoms with Gasteiger partial charge in [-0.3, -0.25) is 4.79 Å². The maximum Gasteiger partial charge on any atom is 0.308 e. The van der Waals surface area contributed by atoms with Crippen LogP contribution in [0.3, 0.4) is 0 Å². The molecule has 0 saturated carbocycles. The standard InChI is InChI=1S/C13H10N2O3S2/c1-7-10(6-11(16)17)19-13(15-7)20-12-8-3-5-18-9(8)2-4-14-12/h2-5H,6H2,1H3,(H,16,17). The molecule has 20 heavy (non-hydrogen) atoms. The van der Waals surface area contributed by atoms with E-state index in [0.717, 1.165) is 30.9 Å². The van der Waals surface area contributed by atoms with Gasteiger partial charge in [-0.05, 0) is 30.8 Å². The maximum absolute atomic E-state index is 10.8. The Morgan fingerprint density at radius 1 is 1.50 bits per heavy atom. The highest BCUT2D eigenvalue weighted by molar-refractivity contribution is 8.01. The summed E-state index contributed by atoms with van der Waals surface area (Å²) in [7, 11) is 0. The van der Waals surface area contributed by atoms with E-state index in [2.05, 4.69) is 9.97 Å². The predicted octanol–water partition coefficient (Wildman–Crippen LogP) is 3.37. The van der Waals surface area contributed by atoms with E-state index in [1.165, 1.54) is 23.1 Å². The van der Waals surface area contributed by atoms with Gasteiger partial charge in [0, 0.05) is 11.1 Å². The lowest BCUT2D eigenvalue weighted by Crippen LogP contribution is -1.99. The van der Waals surface area contributed by atoms with E-state index >= 15 is 0 Å². The lowest BCUT2D eigenvalue weighted by atomic mass is 10.3. The number of aliphatic carboxylic acids is 1. The Hall–Kier alpha value is -1.86. The molecule has 3 heterocycles. The van der Waals surface area contributed by atoms with Gasteiger partial charge in [0.2, 0.25) is 0 Å². The second-order valence-corrected chi connectivity index (χ2v) is 6.43. The lowest BCUT2D eigenvalue weighted by molar-refractivity contribution is -0.136. The molecule has 0 radical (unpaired) electrons. The third-order valence-electron chi connectivity index (χ3n) is 2.71. The van der Waals surface area contributed by atoms with Crippen molar-refractivity contribution < 1.29 is 14.3 Å². The van der Waals surface area contributed by atoms with Crippen LogP contribution < -0.4 is 0 Å². The quantitative estimate of drug-likeness (QED) is 0.796. The second kappa shape index (κ2) is 5.26. The van der Waals surface area contributed by atoms with Crippen LogP contribution >= 0.6 is 23.1 Å². The van der Waals surface area contributed by atoms with Crippen LogP contribution in [0.5, 0.6) is 0 Å². The number of carbonyl (C=O) groups is 1. The van der Waals surface area contributed by atoms with E-state index in [1.807, 2.05) is 19.1 Å². The highest BCUT2D eigenvalue weighted by atomic mass is 32.2. The van der Waals surface area contributed by atoms with Gasteiger partial charge >= 0.3 is 5.97 Å². The Bertz CT molecular complexity index is 779. The number of furan rings is 1. The molecule has 0 unspecified atom stereocenters. The zero-order valence-electron chi connectivity index (χ0n) is 10.5. The van der Waals surface area contributed by atoms with Gasteiger partial charge in [0.25, 0.3) is 0 Å². The van der Waals surface area contributed by atoms with Crippen molar-refractivity contribution in [3.05, 3.63) is 35.2 Å². The molecule has 3 aromatic rings. The van der Waals surface area contributed by atoms with Crippen LogP contribution in [0.2, 0.25) is 0 Å². The summed E-state index contributed by atoms with van der Waals surface area (Å²) in [5.74, 6) is -0.844. The predicted molar refractivity (Wildman–Crippen MR) is 76.3 cm³/mol. The van der Waals surface area contributed by atoms with Crippen LogP contribution in [-0.2, 0) is 11.2 Å². The number of aryl methyl sites for hydroxylation is 1. The smallest absolute Gasteiger partial charge is 0.308 e.